The highest BCUT2D eigenvalue weighted by Crippen LogP contribution is 2.01. The van der Waals surface area contributed by atoms with Gasteiger partial charge >= 0.3 is 0 Å². The number of hydrogen-bond donors (Lipinski definition) is 2. The summed E-state index contributed by atoms with van der Waals surface area (Å²) in [7, 11) is 0. The van der Waals surface area contributed by atoms with Gasteiger partial charge in [-0.1, -0.05) is 20.8 Å². The molecule has 21 heavy (non-hydrogen) atoms. The molecule has 0 saturated carbocycles. The van der Waals surface area contributed by atoms with E-state index >= 15 is 0 Å². The van der Waals surface area contributed by atoms with Crippen LogP contribution in [0, 0.1) is 5.92 Å². The number of ether oxygens (including phenoxy) is 2. The van der Waals surface area contributed by atoms with Crippen molar-refractivity contribution < 1.29 is 19.1 Å². The van der Waals surface area contributed by atoms with Gasteiger partial charge in [-0.15, -0.1) is 0 Å². The van der Waals surface area contributed by atoms with E-state index < -0.39 is 0 Å². The summed E-state index contributed by atoms with van der Waals surface area (Å²) in [6.45, 7) is 10.2. The van der Waals surface area contributed by atoms with Gasteiger partial charge in [0.1, 0.15) is 5.78 Å². The van der Waals surface area contributed by atoms with Gasteiger partial charge in [-0.2, -0.15) is 0 Å². The first-order valence-electron chi connectivity index (χ1n) is 7.73. The van der Waals surface area contributed by atoms with Crippen molar-refractivity contribution in [3.63, 3.8) is 0 Å². The number of rotatable bonds is 14. The minimum absolute atomic E-state index is 0.00587. The molecule has 124 valence electrons. The van der Waals surface area contributed by atoms with Gasteiger partial charge in [0, 0.05) is 31.8 Å². The highest BCUT2D eigenvalue weighted by atomic mass is 16.5. The van der Waals surface area contributed by atoms with E-state index in [1.54, 1.807) is 0 Å². The Labute approximate surface area is 127 Å². The Hall–Kier alpha value is -0.980. The molecule has 0 aromatic heterocycles. The predicted molar refractivity (Wildman–Crippen MR) is 82.3 cm³/mol. The van der Waals surface area contributed by atoms with Gasteiger partial charge in [0.05, 0.1) is 26.4 Å². The molecule has 0 aliphatic carbocycles. The highest BCUT2D eigenvalue weighted by molar-refractivity contribution is 5.85. The summed E-state index contributed by atoms with van der Waals surface area (Å²) in [4.78, 5) is 22.8. The second kappa shape index (κ2) is 14.0. The zero-order valence-corrected chi connectivity index (χ0v) is 13.6. The Kier molecular flexibility index (Phi) is 13.3. The predicted octanol–water partition coefficient (Wildman–Crippen LogP) is 0.751. The fourth-order valence-corrected chi connectivity index (χ4v) is 1.52. The summed E-state index contributed by atoms with van der Waals surface area (Å²) in [6.07, 6.45) is 0.564. The molecule has 0 rings (SSSR count). The molecular weight excluding hydrogens is 272 g/mol. The number of carbonyl (C=O) groups excluding carboxylic acids is 2. The fraction of sp³-hybridized carbons (Fsp3) is 0.867. The van der Waals surface area contributed by atoms with Crippen LogP contribution in [0.5, 0.6) is 0 Å². The van der Waals surface area contributed by atoms with Crippen molar-refractivity contribution >= 4 is 11.7 Å². The number of Topliss-reactive ketones (excluding diaryl/α,β-unsaturated/α-hetero) is 1. The van der Waals surface area contributed by atoms with Crippen LogP contribution >= 0.6 is 0 Å². The van der Waals surface area contributed by atoms with Crippen LogP contribution in [-0.4, -0.2) is 57.8 Å². The molecule has 0 atom stereocenters. The first-order chi connectivity index (χ1) is 10.1. The standard InChI is InChI=1S/C15H30N2O4/c1-4-16-7-9-20-11-12-21-10-8-17-15(19)6-5-14(18)13(2)3/h13,16H,4-12H2,1-3H3,(H,17,19). The molecule has 6 heteroatoms. The molecule has 0 aliphatic heterocycles. The zero-order valence-electron chi connectivity index (χ0n) is 13.6. The van der Waals surface area contributed by atoms with E-state index in [0.717, 1.165) is 13.1 Å². The first-order valence-corrected chi connectivity index (χ1v) is 7.73. The molecule has 1 amide bonds. The lowest BCUT2D eigenvalue weighted by molar-refractivity contribution is -0.126. The van der Waals surface area contributed by atoms with E-state index in [1.807, 2.05) is 13.8 Å². The maximum absolute atomic E-state index is 11.5. The van der Waals surface area contributed by atoms with E-state index in [0.29, 0.717) is 39.4 Å². The zero-order chi connectivity index (χ0) is 15.9. The molecule has 0 bridgehead atoms. The minimum Gasteiger partial charge on any atom is -0.378 e. The number of hydrogen-bond acceptors (Lipinski definition) is 5. The van der Waals surface area contributed by atoms with Crippen molar-refractivity contribution in [1.82, 2.24) is 10.6 Å². The van der Waals surface area contributed by atoms with Crippen LogP contribution in [0.1, 0.15) is 33.6 Å². The number of amides is 1. The maximum atomic E-state index is 11.5. The Morgan fingerprint density at radius 3 is 2.14 bits per heavy atom. The van der Waals surface area contributed by atoms with Crippen molar-refractivity contribution in [2.24, 2.45) is 5.92 Å². The average molecular weight is 302 g/mol. The number of ketones is 1. The molecule has 0 aromatic rings. The van der Waals surface area contributed by atoms with Gasteiger partial charge in [-0.25, -0.2) is 0 Å². The Morgan fingerprint density at radius 1 is 0.952 bits per heavy atom. The highest BCUT2D eigenvalue weighted by Gasteiger charge is 2.09. The van der Waals surface area contributed by atoms with E-state index in [4.69, 9.17) is 9.47 Å². The minimum atomic E-state index is -0.102. The topological polar surface area (TPSA) is 76.7 Å². The SMILES string of the molecule is CCNCCOCCOCCNC(=O)CCC(=O)C(C)C. The molecule has 0 aromatic carbocycles. The van der Waals surface area contributed by atoms with Crippen LogP contribution in [-0.2, 0) is 19.1 Å². The van der Waals surface area contributed by atoms with Gasteiger partial charge in [0.15, 0.2) is 0 Å². The number of carbonyl (C=O) groups is 2. The Morgan fingerprint density at radius 2 is 1.57 bits per heavy atom. The van der Waals surface area contributed by atoms with Gasteiger partial charge in [-0.05, 0) is 6.54 Å². The summed E-state index contributed by atoms with van der Waals surface area (Å²) in [5.41, 5.74) is 0. The number of nitrogens with one attached hydrogen (secondary N) is 2. The second-order valence-electron chi connectivity index (χ2n) is 5.05. The Balaban J connectivity index is 3.27. The summed E-state index contributed by atoms with van der Waals surface area (Å²) < 4.78 is 10.7. The van der Waals surface area contributed by atoms with Gasteiger partial charge in [0.2, 0.25) is 5.91 Å². The fourth-order valence-electron chi connectivity index (χ4n) is 1.52. The quantitative estimate of drug-likeness (QED) is 0.463. The smallest absolute Gasteiger partial charge is 0.220 e. The van der Waals surface area contributed by atoms with Crippen LogP contribution in [0.3, 0.4) is 0 Å². The van der Waals surface area contributed by atoms with Gasteiger partial charge < -0.3 is 20.1 Å². The summed E-state index contributed by atoms with van der Waals surface area (Å²) in [6, 6.07) is 0. The lowest BCUT2D eigenvalue weighted by Gasteiger charge is -2.08. The molecular formula is C15H30N2O4. The van der Waals surface area contributed by atoms with Crippen LogP contribution < -0.4 is 10.6 Å². The molecule has 0 radical (unpaired) electrons. The van der Waals surface area contributed by atoms with Gasteiger partial charge in [0.25, 0.3) is 0 Å². The molecule has 6 nitrogen and oxygen atoms in total. The molecule has 0 aliphatic rings. The van der Waals surface area contributed by atoms with Crippen molar-refractivity contribution in [2.75, 3.05) is 46.1 Å². The van der Waals surface area contributed by atoms with E-state index in [-0.39, 0.29) is 24.0 Å². The third-order valence-electron chi connectivity index (χ3n) is 2.86. The summed E-state index contributed by atoms with van der Waals surface area (Å²) in [5, 5.41) is 5.89. The van der Waals surface area contributed by atoms with Crippen molar-refractivity contribution in [3.8, 4) is 0 Å². The van der Waals surface area contributed by atoms with Crippen molar-refractivity contribution in [1.29, 1.82) is 0 Å². The normalized spacial score (nSPS) is 10.9. The van der Waals surface area contributed by atoms with Crippen LogP contribution in [0.2, 0.25) is 0 Å². The second-order valence-corrected chi connectivity index (χ2v) is 5.05. The largest absolute Gasteiger partial charge is 0.378 e. The van der Waals surface area contributed by atoms with Crippen LogP contribution in [0.15, 0.2) is 0 Å². The van der Waals surface area contributed by atoms with Crippen molar-refractivity contribution in [3.05, 3.63) is 0 Å². The monoisotopic (exact) mass is 302 g/mol. The lowest BCUT2D eigenvalue weighted by Crippen LogP contribution is -2.28. The summed E-state index contributed by atoms with van der Waals surface area (Å²) >= 11 is 0. The molecule has 0 fully saturated rings. The molecule has 0 unspecified atom stereocenters. The van der Waals surface area contributed by atoms with Crippen LogP contribution in [0.4, 0.5) is 0 Å². The lowest BCUT2D eigenvalue weighted by atomic mass is 10.0. The van der Waals surface area contributed by atoms with E-state index in [1.165, 1.54) is 0 Å². The third-order valence-corrected chi connectivity index (χ3v) is 2.86. The van der Waals surface area contributed by atoms with Gasteiger partial charge in [-0.3, -0.25) is 9.59 Å². The molecule has 0 heterocycles. The first kappa shape index (κ1) is 20.0. The van der Waals surface area contributed by atoms with E-state index in [9.17, 15) is 9.59 Å². The van der Waals surface area contributed by atoms with Crippen LogP contribution in [0.25, 0.3) is 0 Å². The number of likely N-dealkylation sites (N-methyl/N-ethyl adjacent to an activating group) is 1. The van der Waals surface area contributed by atoms with E-state index in [2.05, 4.69) is 17.6 Å². The molecule has 2 N–H and O–H groups in total. The molecule has 0 spiro atoms. The molecule has 0 saturated heterocycles. The summed E-state index contributed by atoms with van der Waals surface area (Å²) in [5.74, 6) is 0.0132. The average Bonchev–Trinajstić information content (AvgIpc) is 2.46. The Bertz CT molecular complexity index is 283. The van der Waals surface area contributed by atoms with Crippen molar-refractivity contribution in [2.45, 2.75) is 33.6 Å². The third kappa shape index (κ3) is 13.7. The maximum Gasteiger partial charge on any atom is 0.220 e.